The number of aromatic hydroxyl groups is 1. The number of oxazole rings is 1. The monoisotopic (exact) mass is 458 g/mol. The summed E-state index contributed by atoms with van der Waals surface area (Å²) in [7, 11) is 0. The summed E-state index contributed by atoms with van der Waals surface area (Å²) in [4.78, 5) is 40.3. The van der Waals surface area contributed by atoms with Crippen LogP contribution in [0.25, 0.3) is 11.1 Å². The molecule has 0 atom stereocenters. The Bertz CT molecular complexity index is 1180. The Morgan fingerprint density at radius 2 is 1.88 bits per heavy atom. The lowest BCUT2D eigenvalue weighted by Gasteiger charge is -2.35. The van der Waals surface area contributed by atoms with Crippen LogP contribution in [0.4, 0.5) is 10.1 Å². The van der Waals surface area contributed by atoms with Gasteiger partial charge in [0.2, 0.25) is 5.78 Å². The normalized spacial score (nSPS) is 13.5. The van der Waals surface area contributed by atoms with Crippen LogP contribution in [-0.2, 0) is 9.59 Å². The second kappa shape index (κ2) is 10.8. The number of aromatic nitrogens is 1. The second-order valence-electron chi connectivity index (χ2n) is 7.74. The number of carbonyl (C=O) groups is 2. The van der Waals surface area contributed by atoms with E-state index in [1.165, 1.54) is 17.0 Å². The third kappa shape index (κ3) is 6.19. The van der Waals surface area contributed by atoms with Gasteiger partial charge in [-0.3, -0.25) is 14.6 Å². The Labute approximate surface area is 189 Å². The zero-order valence-electron chi connectivity index (χ0n) is 18.3. The van der Waals surface area contributed by atoms with E-state index in [1.807, 2.05) is 30.0 Å². The van der Waals surface area contributed by atoms with Crippen LogP contribution < -0.4 is 16.4 Å². The molecular formula is C23H27FN4O5. The first-order valence-corrected chi connectivity index (χ1v) is 10.6. The summed E-state index contributed by atoms with van der Waals surface area (Å²) in [6, 6.07) is 9.77. The van der Waals surface area contributed by atoms with Gasteiger partial charge in [0.15, 0.2) is 17.1 Å². The molecule has 4 N–H and O–H groups in total. The first-order chi connectivity index (χ1) is 15.8. The molecule has 9 nitrogen and oxygen atoms in total. The fourth-order valence-electron chi connectivity index (χ4n) is 3.46. The lowest BCUT2D eigenvalue weighted by Crippen LogP contribution is -2.50. The molecule has 2 heterocycles. The van der Waals surface area contributed by atoms with E-state index in [-0.39, 0.29) is 12.2 Å². The van der Waals surface area contributed by atoms with Crippen molar-refractivity contribution in [3.8, 4) is 5.75 Å². The van der Waals surface area contributed by atoms with Gasteiger partial charge in [-0.2, -0.15) is 0 Å². The molecule has 0 spiro atoms. The predicted octanol–water partition coefficient (Wildman–Crippen LogP) is 1.92. The number of phenolic OH excluding ortho intramolecular Hbond substituents is 1. The molecule has 0 radical (unpaired) electrons. The lowest BCUT2D eigenvalue weighted by molar-refractivity contribution is -0.144. The Balaban J connectivity index is 0.000000231. The van der Waals surface area contributed by atoms with Crippen molar-refractivity contribution in [3.63, 3.8) is 0 Å². The maximum Gasteiger partial charge on any atom is 0.417 e. The van der Waals surface area contributed by atoms with Crippen molar-refractivity contribution in [2.24, 2.45) is 5.73 Å². The van der Waals surface area contributed by atoms with E-state index in [1.54, 1.807) is 6.07 Å². The van der Waals surface area contributed by atoms with Gasteiger partial charge < -0.3 is 25.1 Å². The van der Waals surface area contributed by atoms with Crippen molar-refractivity contribution in [2.75, 3.05) is 37.6 Å². The number of amides is 1. The smallest absolute Gasteiger partial charge is 0.417 e. The summed E-state index contributed by atoms with van der Waals surface area (Å²) in [5.41, 5.74) is 8.43. The van der Waals surface area contributed by atoms with Crippen molar-refractivity contribution in [3.05, 3.63) is 58.3 Å². The third-order valence-electron chi connectivity index (χ3n) is 5.29. The molecule has 0 aliphatic carbocycles. The van der Waals surface area contributed by atoms with Crippen LogP contribution in [0.5, 0.6) is 5.75 Å². The Hall–Kier alpha value is -3.66. The average Bonchev–Trinajstić information content (AvgIpc) is 3.18. The standard InChI is InChI=1S/C15H20FN3O3.C8H7NO2/c16-12-10-11(3-4-13(12)20)18-6-8-19(9-7-18)15(22)14(21)2-1-5-17;1-5-2-3-6-7(4-5)11-8(10)9-6/h3-4,10,20H,1-2,5-9,17H2;2-4H,1H3,(H,9,10). The van der Waals surface area contributed by atoms with Crippen molar-refractivity contribution in [1.29, 1.82) is 0 Å². The number of fused-ring (bicyclic) bond motifs is 1. The van der Waals surface area contributed by atoms with E-state index in [0.29, 0.717) is 50.4 Å². The number of H-pyrrole nitrogens is 1. The van der Waals surface area contributed by atoms with Crippen LogP contribution in [0.3, 0.4) is 0 Å². The van der Waals surface area contributed by atoms with Crippen LogP contribution in [-0.4, -0.2) is 59.4 Å². The van der Waals surface area contributed by atoms with Crippen molar-refractivity contribution < 1.29 is 23.5 Å². The molecule has 2 aromatic carbocycles. The zero-order valence-corrected chi connectivity index (χ0v) is 18.3. The SMILES string of the molecule is Cc1ccc2[nH]c(=O)oc2c1.NCCCC(=O)C(=O)N1CCN(c2ccc(O)c(F)c2)CC1. The summed E-state index contributed by atoms with van der Waals surface area (Å²) in [6.45, 7) is 4.19. The topological polar surface area (TPSA) is 133 Å². The molecule has 0 saturated carbocycles. The van der Waals surface area contributed by atoms with Gasteiger partial charge in [-0.05, 0) is 49.7 Å². The summed E-state index contributed by atoms with van der Waals surface area (Å²) in [5.74, 6) is -2.33. The molecule has 1 fully saturated rings. The minimum absolute atomic E-state index is 0.179. The number of aromatic amines is 1. The quantitative estimate of drug-likeness (QED) is 0.498. The number of hydrogen-bond acceptors (Lipinski definition) is 7. The van der Waals surface area contributed by atoms with E-state index < -0.39 is 23.3 Å². The Morgan fingerprint density at radius 1 is 1.15 bits per heavy atom. The number of Topliss-reactive ketones (excluding diaryl/α,β-unsaturated/α-hetero) is 1. The number of carbonyl (C=O) groups excluding carboxylic acids is 2. The van der Waals surface area contributed by atoms with E-state index in [2.05, 4.69) is 4.98 Å². The molecule has 1 aliphatic rings. The van der Waals surface area contributed by atoms with Gasteiger partial charge in [-0.1, -0.05) is 6.07 Å². The molecule has 10 heteroatoms. The molecule has 1 aliphatic heterocycles. The predicted molar refractivity (Wildman–Crippen MR) is 122 cm³/mol. The van der Waals surface area contributed by atoms with Gasteiger partial charge in [0.25, 0.3) is 5.91 Å². The van der Waals surface area contributed by atoms with E-state index in [9.17, 15) is 23.9 Å². The van der Waals surface area contributed by atoms with Crippen molar-refractivity contribution in [1.82, 2.24) is 9.88 Å². The zero-order chi connectivity index (χ0) is 24.0. The number of piperazine rings is 1. The minimum atomic E-state index is -0.673. The highest BCUT2D eigenvalue weighted by Crippen LogP contribution is 2.23. The Morgan fingerprint density at radius 3 is 2.55 bits per heavy atom. The molecular weight excluding hydrogens is 431 g/mol. The first kappa shape index (κ1) is 24.0. The number of nitrogens with zero attached hydrogens (tertiary/aromatic N) is 2. The first-order valence-electron chi connectivity index (χ1n) is 10.6. The number of nitrogens with one attached hydrogen (secondary N) is 1. The lowest BCUT2D eigenvalue weighted by atomic mass is 10.1. The number of nitrogens with two attached hydrogens (primary N) is 1. The van der Waals surface area contributed by atoms with Gasteiger partial charge in [-0.25, -0.2) is 9.18 Å². The fourth-order valence-corrected chi connectivity index (χ4v) is 3.46. The number of aryl methyl sites for hydroxylation is 1. The molecule has 1 saturated heterocycles. The number of anilines is 1. The average molecular weight is 458 g/mol. The maximum absolute atomic E-state index is 13.4. The van der Waals surface area contributed by atoms with Crippen molar-refractivity contribution in [2.45, 2.75) is 19.8 Å². The van der Waals surface area contributed by atoms with Crippen LogP contribution in [0, 0.1) is 12.7 Å². The third-order valence-corrected chi connectivity index (χ3v) is 5.29. The summed E-state index contributed by atoms with van der Waals surface area (Å²) >= 11 is 0. The van der Waals surface area contributed by atoms with Crippen LogP contribution in [0.2, 0.25) is 0 Å². The van der Waals surface area contributed by atoms with Gasteiger partial charge in [0, 0.05) is 44.4 Å². The van der Waals surface area contributed by atoms with E-state index in [0.717, 1.165) is 11.1 Å². The molecule has 176 valence electrons. The largest absolute Gasteiger partial charge is 0.505 e. The van der Waals surface area contributed by atoms with Crippen LogP contribution >= 0.6 is 0 Å². The molecule has 0 bridgehead atoms. The number of halogens is 1. The summed E-state index contributed by atoms with van der Waals surface area (Å²) < 4.78 is 18.2. The van der Waals surface area contributed by atoms with Gasteiger partial charge in [-0.15, -0.1) is 0 Å². The summed E-state index contributed by atoms with van der Waals surface area (Å²) in [5, 5.41) is 9.20. The van der Waals surface area contributed by atoms with Gasteiger partial charge in [0.05, 0.1) is 5.52 Å². The van der Waals surface area contributed by atoms with Crippen molar-refractivity contribution >= 4 is 28.5 Å². The van der Waals surface area contributed by atoms with Gasteiger partial charge >= 0.3 is 5.76 Å². The number of hydrogen-bond donors (Lipinski definition) is 3. The molecule has 0 unspecified atom stereocenters. The maximum atomic E-state index is 13.4. The van der Waals surface area contributed by atoms with Crippen LogP contribution in [0.1, 0.15) is 18.4 Å². The minimum Gasteiger partial charge on any atom is -0.505 e. The van der Waals surface area contributed by atoms with E-state index in [4.69, 9.17) is 10.2 Å². The van der Waals surface area contributed by atoms with Gasteiger partial charge in [0.1, 0.15) is 0 Å². The number of rotatable bonds is 5. The molecule has 3 aromatic rings. The summed E-state index contributed by atoms with van der Waals surface area (Å²) in [6.07, 6.45) is 0.691. The molecule has 33 heavy (non-hydrogen) atoms. The van der Waals surface area contributed by atoms with E-state index >= 15 is 0 Å². The second-order valence-corrected chi connectivity index (χ2v) is 7.74. The van der Waals surface area contributed by atoms with Crippen LogP contribution in [0.15, 0.2) is 45.6 Å². The molecule has 4 rings (SSSR count). The molecule has 1 amide bonds. The highest BCUT2D eigenvalue weighted by atomic mass is 19.1. The highest BCUT2D eigenvalue weighted by molar-refractivity contribution is 6.36. The fraction of sp³-hybridized carbons (Fsp3) is 0.348. The number of ketones is 1. The number of benzene rings is 2. The highest BCUT2D eigenvalue weighted by Gasteiger charge is 2.25. The molecule has 1 aromatic heterocycles. The number of phenols is 1. The Kier molecular flexibility index (Phi) is 7.83.